The van der Waals surface area contributed by atoms with Crippen molar-refractivity contribution in [2.75, 3.05) is 27.3 Å². The van der Waals surface area contributed by atoms with Crippen LogP contribution in [0, 0.1) is 6.92 Å². The van der Waals surface area contributed by atoms with E-state index in [2.05, 4.69) is 17.4 Å². The van der Waals surface area contributed by atoms with Crippen LogP contribution < -0.4 is 14.8 Å². The van der Waals surface area contributed by atoms with Gasteiger partial charge in [0.1, 0.15) is 11.5 Å². The van der Waals surface area contributed by atoms with Gasteiger partial charge < -0.3 is 14.8 Å². The molecule has 1 atom stereocenters. The van der Waals surface area contributed by atoms with Crippen molar-refractivity contribution in [3.8, 4) is 11.5 Å². The van der Waals surface area contributed by atoms with Crippen molar-refractivity contribution in [1.29, 1.82) is 0 Å². The Hall–Kier alpha value is -0.930. The lowest BCUT2D eigenvalue weighted by Gasteiger charge is -2.25. The zero-order chi connectivity index (χ0) is 12.3. The second kappa shape index (κ2) is 6.86. The molecule has 18 heavy (non-hydrogen) atoms. The molecule has 3 nitrogen and oxygen atoms in total. The third kappa shape index (κ3) is 3.09. The molecule has 0 spiro atoms. The van der Waals surface area contributed by atoms with E-state index in [1.54, 1.807) is 14.2 Å². The van der Waals surface area contributed by atoms with Crippen LogP contribution in [0.5, 0.6) is 11.5 Å². The quantitative estimate of drug-likeness (QED) is 0.917. The number of nitrogens with one attached hydrogen (secondary N) is 1. The van der Waals surface area contributed by atoms with Gasteiger partial charge in [-0.1, -0.05) is 0 Å². The van der Waals surface area contributed by atoms with Crippen molar-refractivity contribution in [3.05, 3.63) is 23.3 Å². The molecule has 0 aliphatic carbocycles. The Balaban J connectivity index is 0.00000162. The number of ether oxygens (including phenoxy) is 2. The molecular weight excluding hydrogens is 250 g/mol. The monoisotopic (exact) mass is 271 g/mol. The number of methoxy groups -OCH3 is 2. The third-order valence-corrected chi connectivity index (χ3v) is 3.48. The van der Waals surface area contributed by atoms with Crippen LogP contribution in [-0.2, 0) is 0 Å². The first-order valence-electron chi connectivity index (χ1n) is 6.19. The van der Waals surface area contributed by atoms with E-state index in [1.807, 2.05) is 6.92 Å². The van der Waals surface area contributed by atoms with Gasteiger partial charge in [-0.15, -0.1) is 12.4 Å². The second-order valence-corrected chi connectivity index (χ2v) is 4.61. The normalized spacial score (nSPS) is 18.9. The zero-order valence-electron chi connectivity index (χ0n) is 11.3. The smallest absolute Gasteiger partial charge is 0.122 e. The largest absolute Gasteiger partial charge is 0.496 e. The average molecular weight is 272 g/mol. The summed E-state index contributed by atoms with van der Waals surface area (Å²) in [4.78, 5) is 0. The van der Waals surface area contributed by atoms with Crippen LogP contribution in [0.3, 0.4) is 0 Å². The predicted molar refractivity (Wildman–Crippen MR) is 76.4 cm³/mol. The molecule has 0 bridgehead atoms. The van der Waals surface area contributed by atoms with Crippen molar-refractivity contribution in [2.24, 2.45) is 0 Å². The number of aryl methyl sites for hydroxylation is 1. The lowest BCUT2D eigenvalue weighted by Crippen LogP contribution is -2.28. The number of rotatable bonds is 3. The maximum atomic E-state index is 5.50. The molecule has 1 fully saturated rings. The average Bonchev–Trinajstić information content (AvgIpc) is 2.39. The van der Waals surface area contributed by atoms with E-state index in [0.717, 1.165) is 30.2 Å². The van der Waals surface area contributed by atoms with Gasteiger partial charge in [-0.2, -0.15) is 0 Å². The van der Waals surface area contributed by atoms with Crippen LogP contribution in [0.1, 0.15) is 29.9 Å². The molecule has 0 radical (unpaired) electrons. The summed E-state index contributed by atoms with van der Waals surface area (Å²) < 4.78 is 10.9. The third-order valence-electron chi connectivity index (χ3n) is 3.48. The molecule has 1 aliphatic rings. The Labute approximate surface area is 115 Å². The molecule has 0 aromatic heterocycles. The minimum Gasteiger partial charge on any atom is -0.496 e. The summed E-state index contributed by atoms with van der Waals surface area (Å²) in [7, 11) is 3.46. The first-order valence-corrected chi connectivity index (χ1v) is 6.19. The van der Waals surface area contributed by atoms with Crippen LogP contribution in [0.25, 0.3) is 0 Å². The summed E-state index contributed by atoms with van der Waals surface area (Å²) in [5, 5.41) is 3.44. The summed E-state index contributed by atoms with van der Waals surface area (Å²) in [6, 6.07) is 4.20. The van der Waals surface area contributed by atoms with E-state index in [1.165, 1.54) is 18.4 Å². The fraction of sp³-hybridized carbons (Fsp3) is 0.571. The summed E-state index contributed by atoms with van der Waals surface area (Å²) in [6.45, 7) is 4.20. The first kappa shape index (κ1) is 15.1. The lowest BCUT2D eigenvalue weighted by molar-refractivity contribution is 0.382. The highest BCUT2D eigenvalue weighted by Crippen LogP contribution is 2.35. The molecule has 1 N–H and O–H groups in total. The Kier molecular flexibility index (Phi) is 5.76. The fourth-order valence-corrected chi connectivity index (χ4v) is 2.51. The molecule has 1 saturated heterocycles. The van der Waals surface area contributed by atoms with E-state index >= 15 is 0 Å². The van der Waals surface area contributed by atoms with Gasteiger partial charge in [0.15, 0.2) is 0 Å². The minimum atomic E-state index is 0. The van der Waals surface area contributed by atoms with E-state index in [9.17, 15) is 0 Å². The molecule has 1 heterocycles. The van der Waals surface area contributed by atoms with Gasteiger partial charge in [-0.25, -0.2) is 0 Å². The Bertz CT molecular complexity index is 390. The van der Waals surface area contributed by atoms with Crippen molar-refractivity contribution in [1.82, 2.24) is 5.32 Å². The molecule has 4 heteroatoms. The van der Waals surface area contributed by atoms with E-state index < -0.39 is 0 Å². The van der Waals surface area contributed by atoms with E-state index in [0.29, 0.717) is 5.92 Å². The van der Waals surface area contributed by atoms with Crippen LogP contribution in [0.2, 0.25) is 0 Å². The summed E-state index contributed by atoms with van der Waals surface area (Å²) in [5.74, 6) is 2.47. The SMILES string of the molecule is COc1cc([C@H]2CCCNC2)c(OC)cc1C.Cl. The highest BCUT2D eigenvalue weighted by atomic mass is 35.5. The van der Waals surface area contributed by atoms with Gasteiger partial charge in [0.05, 0.1) is 14.2 Å². The van der Waals surface area contributed by atoms with Gasteiger partial charge in [-0.3, -0.25) is 0 Å². The fourth-order valence-electron chi connectivity index (χ4n) is 2.51. The van der Waals surface area contributed by atoms with Crippen LogP contribution >= 0.6 is 12.4 Å². The molecule has 0 saturated carbocycles. The van der Waals surface area contributed by atoms with Gasteiger partial charge in [0.2, 0.25) is 0 Å². The van der Waals surface area contributed by atoms with Crippen LogP contribution in [0.15, 0.2) is 12.1 Å². The maximum absolute atomic E-state index is 5.50. The van der Waals surface area contributed by atoms with Gasteiger partial charge in [0, 0.05) is 18.0 Å². The van der Waals surface area contributed by atoms with Gasteiger partial charge >= 0.3 is 0 Å². The topological polar surface area (TPSA) is 30.5 Å². The number of hydrogen-bond acceptors (Lipinski definition) is 3. The van der Waals surface area contributed by atoms with Crippen LogP contribution in [0.4, 0.5) is 0 Å². The molecule has 0 unspecified atom stereocenters. The van der Waals surface area contributed by atoms with E-state index in [4.69, 9.17) is 9.47 Å². The standard InChI is InChI=1S/C14H21NO2.ClH/c1-10-7-14(17-3)12(8-13(10)16-2)11-5-4-6-15-9-11;/h7-8,11,15H,4-6,9H2,1-3H3;1H/t11-;/m0./s1. The highest BCUT2D eigenvalue weighted by Gasteiger charge is 2.20. The number of hydrogen-bond donors (Lipinski definition) is 1. The number of benzene rings is 1. The van der Waals surface area contributed by atoms with E-state index in [-0.39, 0.29) is 12.4 Å². The number of piperidine rings is 1. The predicted octanol–water partition coefficient (Wildman–Crippen LogP) is 2.90. The molecular formula is C14H22ClNO2. The Morgan fingerprint density at radius 3 is 2.44 bits per heavy atom. The van der Waals surface area contributed by atoms with Crippen molar-refractivity contribution < 1.29 is 9.47 Å². The first-order chi connectivity index (χ1) is 8.26. The molecule has 1 aromatic carbocycles. The molecule has 102 valence electrons. The van der Waals surface area contributed by atoms with Crippen molar-refractivity contribution >= 4 is 12.4 Å². The highest BCUT2D eigenvalue weighted by molar-refractivity contribution is 5.85. The second-order valence-electron chi connectivity index (χ2n) is 4.61. The molecule has 2 rings (SSSR count). The van der Waals surface area contributed by atoms with Gasteiger partial charge in [0.25, 0.3) is 0 Å². The lowest BCUT2D eigenvalue weighted by atomic mass is 9.90. The minimum absolute atomic E-state index is 0. The van der Waals surface area contributed by atoms with Crippen molar-refractivity contribution in [3.63, 3.8) is 0 Å². The number of halogens is 1. The summed E-state index contributed by atoms with van der Waals surface area (Å²) >= 11 is 0. The maximum Gasteiger partial charge on any atom is 0.122 e. The Morgan fingerprint density at radius 2 is 1.89 bits per heavy atom. The van der Waals surface area contributed by atoms with Crippen molar-refractivity contribution in [2.45, 2.75) is 25.7 Å². The Morgan fingerprint density at radius 1 is 1.17 bits per heavy atom. The summed E-state index contributed by atoms with van der Waals surface area (Å²) in [6.07, 6.45) is 2.44. The van der Waals surface area contributed by atoms with Crippen LogP contribution in [-0.4, -0.2) is 27.3 Å². The van der Waals surface area contributed by atoms with Gasteiger partial charge in [-0.05, 0) is 44.0 Å². The molecule has 0 amide bonds. The molecule has 1 aliphatic heterocycles. The molecule has 1 aromatic rings. The zero-order valence-corrected chi connectivity index (χ0v) is 12.1. The summed E-state index contributed by atoms with van der Waals surface area (Å²) in [5.41, 5.74) is 2.39.